The monoisotopic (exact) mass is 311 g/mol. The van der Waals surface area contributed by atoms with Crippen LogP contribution in [0.25, 0.3) is 0 Å². The van der Waals surface area contributed by atoms with Crippen LogP contribution in [0, 0.1) is 11.2 Å². The Balaban J connectivity index is 1.75. The lowest BCUT2D eigenvalue weighted by Crippen LogP contribution is -2.62. The summed E-state index contributed by atoms with van der Waals surface area (Å²) < 4.78 is 19.1. The number of ether oxygens (including phenoxy) is 1. The van der Waals surface area contributed by atoms with Crippen molar-refractivity contribution in [1.29, 1.82) is 0 Å². The zero-order valence-electron chi connectivity index (χ0n) is 12.5. The van der Waals surface area contributed by atoms with E-state index in [1.54, 1.807) is 6.07 Å². The molecule has 0 aliphatic heterocycles. The van der Waals surface area contributed by atoms with Gasteiger partial charge in [0.25, 0.3) is 0 Å². The third-order valence-corrected chi connectivity index (χ3v) is 5.51. The fourth-order valence-corrected chi connectivity index (χ4v) is 4.28. The predicted molar refractivity (Wildman–Crippen MR) is 84.4 cm³/mol. The average molecular weight is 312 g/mol. The maximum absolute atomic E-state index is 13.2. The van der Waals surface area contributed by atoms with Crippen LogP contribution in [-0.4, -0.2) is 18.8 Å². The van der Waals surface area contributed by atoms with Gasteiger partial charge in [-0.1, -0.05) is 30.9 Å². The van der Waals surface area contributed by atoms with Gasteiger partial charge in [0.05, 0.1) is 16.8 Å². The zero-order valence-corrected chi connectivity index (χ0v) is 13.3. The number of anilines is 1. The molecule has 1 aromatic rings. The molecule has 0 bridgehead atoms. The van der Waals surface area contributed by atoms with Crippen molar-refractivity contribution in [3.8, 4) is 0 Å². The summed E-state index contributed by atoms with van der Waals surface area (Å²) >= 11 is 6.15. The Labute approximate surface area is 131 Å². The van der Waals surface area contributed by atoms with Crippen LogP contribution in [0.2, 0.25) is 5.02 Å². The highest BCUT2D eigenvalue weighted by Crippen LogP contribution is 2.54. The fourth-order valence-electron chi connectivity index (χ4n) is 4.06. The van der Waals surface area contributed by atoms with E-state index in [1.165, 1.54) is 44.2 Å². The van der Waals surface area contributed by atoms with Crippen LogP contribution >= 0.6 is 11.6 Å². The van der Waals surface area contributed by atoms with Crippen molar-refractivity contribution >= 4 is 17.3 Å². The Morgan fingerprint density at radius 3 is 2.76 bits per heavy atom. The number of hydrogen-bond acceptors (Lipinski definition) is 2. The zero-order chi connectivity index (χ0) is 14.9. The van der Waals surface area contributed by atoms with Crippen LogP contribution < -0.4 is 5.32 Å². The molecule has 2 saturated carbocycles. The topological polar surface area (TPSA) is 21.3 Å². The summed E-state index contributed by atoms with van der Waals surface area (Å²) in [5, 5.41) is 4.00. The Morgan fingerprint density at radius 1 is 1.33 bits per heavy atom. The first-order chi connectivity index (χ1) is 10.2. The molecule has 1 spiro atoms. The van der Waals surface area contributed by atoms with Gasteiger partial charge < -0.3 is 10.1 Å². The lowest BCUT2D eigenvalue weighted by Gasteiger charge is -2.58. The highest BCUT2D eigenvalue weighted by molar-refractivity contribution is 6.33. The summed E-state index contributed by atoms with van der Waals surface area (Å²) in [4.78, 5) is 0. The summed E-state index contributed by atoms with van der Waals surface area (Å²) in [7, 11) is 0. The average Bonchev–Trinajstić information content (AvgIpc) is 2.49. The molecule has 4 heteroatoms. The molecule has 0 aromatic heterocycles. The number of benzene rings is 1. The van der Waals surface area contributed by atoms with E-state index in [4.69, 9.17) is 16.3 Å². The van der Waals surface area contributed by atoms with E-state index in [1.807, 2.05) is 0 Å². The van der Waals surface area contributed by atoms with Crippen LogP contribution in [0.5, 0.6) is 0 Å². The van der Waals surface area contributed by atoms with Crippen molar-refractivity contribution in [2.45, 2.75) is 57.6 Å². The van der Waals surface area contributed by atoms with E-state index in [0.717, 1.165) is 18.7 Å². The van der Waals surface area contributed by atoms with Crippen molar-refractivity contribution < 1.29 is 9.13 Å². The first-order valence-electron chi connectivity index (χ1n) is 7.99. The number of nitrogens with one attached hydrogen (secondary N) is 1. The minimum atomic E-state index is -0.293. The van der Waals surface area contributed by atoms with Crippen molar-refractivity contribution in [2.75, 3.05) is 11.9 Å². The van der Waals surface area contributed by atoms with Gasteiger partial charge in [-0.3, -0.25) is 0 Å². The van der Waals surface area contributed by atoms with Gasteiger partial charge in [0.1, 0.15) is 5.82 Å². The lowest BCUT2D eigenvalue weighted by atomic mass is 9.55. The van der Waals surface area contributed by atoms with Gasteiger partial charge in [-0.25, -0.2) is 4.39 Å². The van der Waals surface area contributed by atoms with Crippen LogP contribution in [0.3, 0.4) is 0 Å². The van der Waals surface area contributed by atoms with E-state index in [0.29, 0.717) is 17.2 Å². The molecular formula is C17H23ClFNO. The molecule has 2 aliphatic rings. The molecule has 2 nitrogen and oxygen atoms in total. The molecule has 2 aliphatic carbocycles. The minimum absolute atomic E-state index is 0.242. The normalized spacial score (nSPS) is 27.4. The number of rotatable bonds is 4. The van der Waals surface area contributed by atoms with Crippen molar-refractivity contribution in [2.24, 2.45) is 5.41 Å². The quantitative estimate of drug-likeness (QED) is 0.843. The Hall–Kier alpha value is -0.800. The molecule has 2 atom stereocenters. The van der Waals surface area contributed by atoms with Gasteiger partial charge in [0, 0.05) is 18.1 Å². The maximum Gasteiger partial charge on any atom is 0.124 e. The molecule has 0 heterocycles. The molecule has 3 rings (SSSR count). The SMILES string of the molecule is CCOC1CC(Nc2ccc(F)cc2Cl)C12CCCCC2. The maximum atomic E-state index is 13.2. The first kappa shape index (κ1) is 15.1. The van der Waals surface area contributed by atoms with Crippen molar-refractivity contribution in [3.63, 3.8) is 0 Å². The molecule has 1 aromatic carbocycles. The molecule has 21 heavy (non-hydrogen) atoms. The third-order valence-electron chi connectivity index (χ3n) is 5.20. The summed E-state index contributed by atoms with van der Waals surface area (Å²) in [6.07, 6.45) is 7.69. The van der Waals surface area contributed by atoms with Crippen LogP contribution in [0.1, 0.15) is 45.4 Å². The van der Waals surface area contributed by atoms with Gasteiger partial charge in [0.15, 0.2) is 0 Å². The summed E-state index contributed by atoms with van der Waals surface area (Å²) in [5.74, 6) is -0.293. The fraction of sp³-hybridized carbons (Fsp3) is 0.647. The Morgan fingerprint density at radius 2 is 2.10 bits per heavy atom. The Kier molecular flexibility index (Phi) is 4.41. The third kappa shape index (κ3) is 2.78. The van der Waals surface area contributed by atoms with Gasteiger partial charge in [0.2, 0.25) is 0 Å². The Bertz CT molecular complexity index is 502. The van der Waals surface area contributed by atoms with E-state index in [-0.39, 0.29) is 11.2 Å². The molecule has 0 saturated heterocycles. The van der Waals surface area contributed by atoms with E-state index < -0.39 is 0 Å². The van der Waals surface area contributed by atoms with E-state index >= 15 is 0 Å². The second-order valence-electron chi connectivity index (χ2n) is 6.29. The number of hydrogen-bond donors (Lipinski definition) is 1. The smallest absolute Gasteiger partial charge is 0.124 e. The van der Waals surface area contributed by atoms with E-state index in [2.05, 4.69) is 12.2 Å². The van der Waals surface area contributed by atoms with Crippen molar-refractivity contribution in [3.05, 3.63) is 29.0 Å². The van der Waals surface area contributed by atoms with Gasteiger partial charge in [-0.05, 0) is 44.4 Å². The first-order valence-corrected chi connectivity index (χ1v) is 8.37. The van der Waals surface area contributed by atoms with Gasteiger partial charge >= 0.3 is 0 Å². The highest BCUT2D eigenvalue weighted by atomic mass is 35.5. The summed E-state index contributed by atoms with van der Waals surface area (Å²) in [5.41, 5.74) is 1.08. The molecule has 116 valence electrons. The second kappa shape index (κ2) is 6.13. The molecule has 2 fully saturated rings. The highest BCUT2D eigenvalue weighted by Gasteiger charge is 2.55. The van der Waals surface area contributed by atoms with Crippen LogP contribution in [0.4, 0.5) is 10.1 Å². The van der Waals surface area contributed by atoms with Crippen LogP contribution in [0.15, 0.2) is 18.2 Å². The van der Waals surface area contributed by atoms with Crippen LogP contribution in [-0.2, 0) is 4.74 Å². The summed E-state index contributed by atoms with van der Waals surface area (Å²) in [6.45, 7) is 2.84. The standard InChI is InChI=1S/C17H23ClFNO/c1-2-21-16-11-15(17(16)8-4-3-5-9-17)20-14-7-6-12(19)10-13(14)18/h6-7,10,15-16,20H,2-5,8-9,11H2,1H3. The molecule has 1 N–H and O–H groups in total. The summed E-state index contributed by atoms with van der Waals surface area (Å²) in [6, 6.07) is 4.95. The van der Waals surface area contributed by atoms with Gasteiger partial charge in [-0.2, -0.15) is 0 Å². The second-order valence-corrected chi connectivity index (χ2v) is 6.70. The van der Waals surface area contributed by atoms with Gasteiger partial charge in [-0.15, -0.1) is 0 Å². The molecular weight excluding hydrogens is 289 g/mol. The molecule has 0 radical (unpaired) electrons. The predicted octanol–water partition coefficient (Wildman–Crippen LogP) is 5.02. The van der Waals surface area contributed by atoms with Crippen molar-refractivity contribution in [1.82, 2.24) is 0 Å². The minimum Gasteiger partial charge on any atom is -0.380 e. The molecule has 0 amide bonds. The molecule has 2 unspecified atom stereocenters. The number of halogens is 2. The van der Waals surface area contributed by atoms with E-state index in [9.17, 15) is 4.39 Å². The largest absolute Gasteiger partial charge is 0.380 e. The lowest BCUT2D eigenvalue weighted by molar-refractivity contribution is -0.134.